The minimum absolute atomic E-state index is 0.0408. The fourth-order valence-corrected chi connectivity index (χ4v) is 8.08. The van der Waals surface area contributed by atoms with Gasteiger partial charge in [-0.15, -0.1) is 0 Å². The molecule has 5 aromatic rings. The van der Waals surface area contributed by atoms with Gasteiger partial charge in [0.2, 0.25) is 0 Å². The van der Waals surface area contributed by atoms with E-state index >= 15 is 0 Å². The molecule has 5 aromatic carbocycles. The molecule has 0 amide bonds. The minimum Gasteiger partial charge on any atom is -0.508 e. The Hall–Kier alpha value is -4.52. The van der Waals surface area contributed by atoms with E-state index in [-0.39, 0.29) is 23.5 Å². The SMILES string of the molecule is OC[C@H]1O[C@@H](c2ccc(-c3ccc([C@@H]4[C@H](CC[C@H](O)c5ccc(F)cc5)CC(=S)N4c4ccc(-c5ccccc5)cc4)c(O)c3)cc2)[C@H](O)[C@@H](O)[C@@H]1O. The molecule has 0 aromatic heterocycles. The molecule has 0 aliphatic carbocycles. The fraction of sp³-hybridized carbons (Fsp3) is 0.279. The molecule has 0 spiro atoms. The molecule has 0 bridgehead atoms. The summed E-state index contributed by atoms with van der Waals surface area (Å²) >= 11 is 6.01. The summed E-state index contributed by atoms with van der Waals surface area (Å²) in [4.78, 5) is 2.83. The second-order valence-electron chi connectivity index (χ2n) is 13.9. The molecule has 274 valence electrons. The number of hydrogen-bond acceptors (Lipinski definition) is 8. The fourth-order valence-electron chi connectivity index (χ4n) is 7.64. The van der Waals surface area contributed by atoms with Gasteiger partial charge in [-0.3, -0.25) is 0 Å². The molecule has 6 N–H and O–H groups in total. The van der Waals surface area contributed by atoms with E-state index in [1.54, 1.807) is 30.3 Å². The number of aliphatic hydroxyl groups is 5. The standard InChI is InChI=1S/C43H42FNO7S/c44-32-16-10-28(11-17-32)35(47)21-15-31-23-38(53)45(33-18-12-26(13-19-33)25-4-2-1-3-5-25)39(31)34-20-14-30(22-36(34)48)27-6-8-29(9-7-27)43-42(51)41(50)40(49)37(24-46)52-43/h1-14,16-20,22,31,35,37,39-43,46-51H,15,21,23-24H2/t31-,35+,37-,39+,40-,41+,42-,43+/m1/s1. The summed E-state index contributed by atoms with van der Waals surface area (Å²) in [6.45, 7) is -0.511. The number of anilines is 1. The number of rotatable bonds is 10. The Morgan fingerprint density at radius 2 is 1.38 bits per heavy atom. The van der Waals surface area contributed by atoms with Crippen LogP contribution in [0.3, 0.4) is 0 Å². The molecule has 7 rings (SSSR count). The third kappa shape index (κ3) is 7.63. The summed E-state index contributed by atoms with van der Waals surface area (Å²) in [5.74, 6) is -0.314. The summed E-state index contributed by atoms with van der Waals surface area (Å²) < 4.78 is 19.3. The first-order valence-corrected chi connectivity index (χ1v) is 18.2. The van der Waals surface area contributed by atoms with E-state index in [0.29, 0.717) is 36.0 Å². The molecule has 2 aliphatic heterocycles. The topological polar surface area (TPSA) is 134 Å². The lowest BCUT2D eigenvalue weighted by molar-refractivity contribution is -0.231. The predicted octanol–water partition coefficient (Wildman–Crippen LogP) is 6.79. The van der Waals surface area contributed by atoms with Crippen molar-refractivity contribution in [3.8, 4) is 28.0 Å². The Labute approximate surface area is 313 Å². The van der Waals surface area contributed by atoms with Crippen LogP contribution in [0, 0.1) is 11.7 Å². The maximum absolute atomic E-state index is 13.6. The van der Waals surface area contributed by atoms with Crippen molar-refractivity contribution in [3.05, 3.63) is 144 Å². The van der Waals surface area contributed by atoms with E-state index in [1.807, 2.05) is 54.6 Å². The summed E-state index contributed by atoms with van der Waals surface area (Å²) in [6, 6.07) is 36.5. The average molecular weight is 736 g/mol. The van der Waals surface area contributed by atoms with Gasteiger partial charge in [-0.1, -0.05) is 103 Å². The Bertz CT molecular complexity index is 2010. The molecule has 8 atom stereocenters. The van der Waals surface area contributed by atoms with Gasteiger partial charge in [0.05, 0.1) is 23.7 Å². The number of nitrogens with zero attached hydrogens (tertiary/aromatic N) is 1. The van der Waals surface area contributed by atoms with Gasteiger partial charge < -0.3 is 40.3 Å². The lowest BCUT2D eigenvalue weighted by Crippen LogP contribution is -2.55. The van der Waals surface area contributed by atoms with Crippen molar-refractivity contribution in [1.82, 2.24) is 0 Å². The van der Waals surface area contributed by atoms with Crippen LogP contribution in [0.15, 0.2) is 121 Å². The van der Waals surface area contributed by atoms with Gasteiger partial charge in [-0.05, 0) is 82.5 Å². The molecule has 8 nitrogen and oxygen atoms in total. The average Bonchev–Trinajstić information content (AvgIpc) is 3.52. The molecule has 2 heterocycles. The van der Waals surface area contributed by atoms with E-state index < -0.39 is 43.2 Å². The van der Waals surface area contributed by atoms with Gasteiger partial charge in [-0.25, -0.2) is 4.39 Å². The summed E-state index contributed by atoms with van der Waals surface area (Å²) in [7, 11) is 0. The van der Waals surface area contributed by atoms with Crippen molar-refractivity contribution < 1.29 is 39.8 Å². The van der Waals surface area contributed by atoms with E-state index in [0.717, 1.165) is 32.9 Å². The Morgan fingerprint density at radius 3 is 2.04 bits per heavy atom. The Morgan fingerprint density at radius 1 is 0.755 bits per heavy atom. The maximum atomic E-state index is 13.6. The van der Waals surface area contributed by atoms with Crippen LogP contribution in [-0.4, -0.2) is 66.7 Å². The van der Waals surface area contributed by atoms with Crippen LogP contribution >= 0.6 is 12.2 Å². The van der Waals surface area contributed by atoms with Crippen LogP contribution in [0.5, 0.6) is 5.75 Å². The van der Waals surface area contributed by atoms with Gasteiger partial charge in [0.15, 0.2) is 0 Å². The number of ether oxygens (including phenoxy) is 1. The number of hydrogen-bond donors (Lipinski definition) is 6. The Balaban J connectivity index is 1.17. The maximum Gasteiger partial charge on any atom is 0.123 e. The third-order valence-corrected chi connectivity index (χ3v) is 10.9. The minimum atomic E-state index is -1.48. The number of halogens is 1. The van der Waals surface area contributed by atoms with E-state index in [1.165, 1.54) is 12.1 Å². The van der Waals surface area contributed by atoms with Crippen molar-refractivity contribution in [1.29, 1.82) is 0 Å². The van der Waals surface area contributed by atoms with Crippen molar-refractivity contribution in [2.45, 2.75) is 61.9 Å². The zero-order valence-electron chi connectivity index (χ0n) is 28.8. The van der Waals surface area contributed by atoms with Crippen LogP contribution in [0.1, 0.15) is 54.2 Å². The predicted molar refractivity (Wildman–Crippen MR) is 205 cm³/mol. The summed E-state index contributed by atoms with van der Waals surface area (Å²) in [5, 5.41) is 63.3. The summed E-state index contributed by atoms with van der Waals surface area (Å²) in [5.41, 5.74) is 6.49. The van der Waals surface area contributed by atoms with Crippen LogP contribution in [-0.2, 0) is 4.74 Å². The Kier molecular flexibility index (Phi) is 11.0. The lowest BCUT2D eigenvalue weighted by Gasteiger charge is -2.40. The molecule has 0 unspecified atom stereocenters. The largest absolute Gasteiger partial charge is 0.508 e. The van der Waals surface area contributed by atoms with E-state index in [2.05, 4.69) is 29.2 Å². The monoisotopic (exact) mass is 735 g/mol. The van der Waals surface area contributed by atoms with Gasteiger partial charge in [0.1, 0.15) is 42.1 Å². The van der Waals surface area contributed by atoms with Crippen LogP contribution in [0.25, 0.3) is 22.3 Å². The molecule has 0 radical (unpaired) electrons. The first-order valence-electron chi connectivity index (χ1n) is 17.8. The van der Waals surface area contributed by atoms with Crippen LogP contribution in [0.2, 0.25) is 0 Å². The molecule has 0 saturated carbocycles. The highest BCUT2D eigenvalue weighted by Crippen LogP contribution is 2.48. The van der Waals surface area contributed by atoms with Gasteiger partial charge >= 0.3 is 0 Å². The van der Waals surface area contributed by atoms with E-state index in [9.17, 15) is 35.0 Å². The highest BCUT2D eigenvalue weighted by molar-refractivity contribution is 7.80. The van der Waals surface area contributed by atoms with Gasteiger partial charge in [0, 0.05) is 17.7 Å². The second-order valence-corrected chi connectivity index (χ2v) is 14.3. The molecular weight excluding hydrogens is 694 g/mol. The van der Waals surface area contributed by atoms with E-state index in [4.69, 9.17) is 17.0 Å². The second kappa shape index (κ2) is 15.8. The normalized spacial score (nSPS) is 25.1. The highest BCUT2D eigenvalue weighted by atomic mass is 32.1. The number of aliphatic hydroxyl groups excluding tert-OH is 5. The highest BCUT2D eigenvalue weighted by Gasteiger charge is 2.44. The zero-order valence-corrected chi connectivity index (χ0v) is 29.6. The number of benzene rings is 5. The quantitative estimate of drug-likeness (QED) is 0.0859. The van der Waals surface area contributed by atoms with Gasteiger partial charge in [-0.2, -0.15) is 0 Å². The van der Waals surface area contributed by atoms with Crippen molar-refractivity contribution in [2.75, 3.05) is 11.5 Å². The van der Waals surface area contributed by atoms with Crippen LogP contribution < -0.4 is 4.90 Å². The molecule has 10 heteroatoms. The molecule has 53 heavy (non-hydrogen) atoms. The number of phenols is 1. The number of aromatic hydroxyl groups is 1. The third-order valence-electron chi connectivity index (χ3n) is 10.6. The lowest BCUT2D eigenvalue weighted by atomic mass is 9.86. The van der Waals surface area contributed by atoms with Crippen molar-refractivity contribution >= 4 is 22.9 Å². The first kappa shape index (κ1) is 36.8. The number of thiocarbonyl (C=S) groups is 1. The molecular formula is C43H42FNO7S. The number of phenolic OH excluding ortho intramolecular Hbond substituents is 1. The van der Waals surface area contributed by atoms with Crippen LogP contribution in [0.4, 0.5) is 10.1 Å². The van der Waals surface area contributed by atoms with Gasteiger partial charge in [0.25, 0.3) is 0 Å². The smallest absolute Gasteiger partial charge is 0.123 e. The molecule has 2 fully saturated rings. The first-order chi connectivity index (χ1) is 25.6. The van der Waals surface area contributed by atoms with Crippen molar-refractivity contribution in [3.63, 3.8) is 0 Å². The molecule has 2 saturated heterocycles. The zero-order chi connectivity index (χ0) is 37.2. The summed E-state index contributed by atoms with van der Waals surface area (Å²) in [6.07, 6.45) is -5.45. The van der Waals surface area contributed by atoms with Crippen molar-refractivity contribution in [2.24, 2.45) is 5.92 Å². The molecule has 2 aliphatic rings.